The number of fused-ring (bicyclic) bond motifs is 2. The lowest BCUT2D eigenvalue weighted by Gasteiger charge is -2.13. The zero-order valence-electron chi connectivity index (χ0n) is 18.7. The maximum atomic E-state index is 14.9. The van der Waals surface area contributed by atoms with E-state index in [1.165, 1.54) is 12.4 Å². The van der Waals surface area contributed by atoms with Crippen LogP contribution >= 0.6 is 0 Å². The minimum absolute atomic E-state index is 0.120. The smallest absolute Gasteiger partial charge is 0.340 e. The average molecular weight is 469 g/mol. The Kier molecular flexibility index (Phi) is 5.41. The molecule has 7 nitrogen and oxygen atoms in total. The van der Waals surface area contributed by atoms with Crippen LogP contribution in [0.3, 0.4) is 0 Å². The van der Waals surface area contributed by atoms with Gasteiger partial charge in [-0.25, -0.2) is 23.5 Å². The standard InChI is InChI=1S/C26H17F2N5O2/c1-3-35-26(34)19-9-16(15-4-6-30-18(8-15)13-29)10-23-25(19)32-14(2)33(23)22-5-7-31-21-12-17(27)11-20(28)24(21)22/h4-12H,3H2,1-2H3. The molecule has 0 aliphatic heterocycles. The zero-order chi connectivity index (χ0) is 24.7. The molecule has 0 aliphatic rings. The maximum Gasteiger partial charge on any atom is 0.340 e. The van der Waals surface area contributed by atoms with Crippen LogP contribution < -0.4 is 0 Å². The zero-order valence-corrected chi connectivity index (χ0v) is 18.7. The molecule has 35 heavy (non-hydrogen) atoms. The summed E-state index contributed by atoms with van der Waals surface area (Å²) in [6.07, 6.45) is 2.96. The SMILES string of the molecule is CCOC(=O)c1cc(-c2ccnc(C#N)c2)cc2c1nc(C)n2-c1ccnc2cc(F)cc(F)c12. The highest BCUT2D eigenvalue weighted by Crippen LogP contribution is 2.33. The summed E-state index contributed by atoms with van der Waals surface area (Å²) in [5, 5.41) is 9.39. The summed E-state index contributed by atoms with van der Waals surface area (Å²) in [5.74, 6) is -1.58. The van der Waals surface area contributed by atoms with Gasteiger partial charge in [0.05, 0.1) is 34.3 Å². The molecule has 0 fully saturated rings. The van der Waals surface area contributed by atoms with Gasteiger partial charge in [0.15, 0.2) is 0 Å². The van der Waals surface area contributed by atoms with Crippen molar-refractivity contribution in [1.82, 2.24) is 19.5 Å². The molecule has 0 spiro atoms. The van der Waals surface area contributed by atoms with Crippen molar-refractivity contribution in [2.24, 2.45) is 0 Å². The van der Waals surface area contributed by atoms with Gasteiger partial charge in [0, 0.05) is 24.5 Å². The number of halogens is 2. The molecule has 0 saturated heterocycles. The Morgan fingerprint density at radius 3 is 2.66 bits per heavy atom. The van der Waals surface area contributed by atoms with Crippen molar-refractivity contribution >= 4 is 27.9 Å². The maximum absolute atomic E-state index is 14.9. The van der Waals surface area contributed by atoms with Crippen molar-refractivity contribution in [3.8, 4) is 22.9 Å². The first-order chi connectivity index (χ1) is 16.9. The third-order valence-electron chi connectivity index (χ3n) is 5.61. The first-order valence-electron chi connectivity index (χ1n) is 10.7. The third-order valence-corrected chi connectivity index (χ3v) is 5.61. The predicted octanol–water partition coefficient (Wildman–Crippen LogP) is 5.27. The van der Waals surface area contributed by atoms with Gasteiger partial charge < -0.3 is 4.74 Å². The summed E-state index contributed by atoms with van der Waals surface area (Å²) < 4.78 is 35.7. The molecule has 0 N–H and O–H groups in total. The van der Waals surface area contributed by atoms with Crippen LogP contribution in [0.25, 0.3) is 38.8 Å². The monoisotopic (exact) mass is 469 g/mol. The Balaban J connectivity index is 1.87. The average Bonchev–Trinajstić information content (AvgIpc) is 3.18. The fraction of sp³-hybridized carbons (Fsp3) is 0.115. The largest absolute Gasteiger partial charge is 0.462 e. The predicted molar refractivity (Wildman–Crippen MR) is 125 cm³/mol. The summed E-state index contributed by atoms with van der Waals surface area (Å²) in [4.78, 5) is 25.6. The molecule has 172 valence electrons. The molecule has 5 aromatic rings. The van der Waals surface area contributed by atoms with Crippen LogP contribution in [-0.2, 0) is 4.74 Å². The second kappa shape index (κ2) is 8.57. The summed E-state index contributed by atoms with van der Waals surface area (Å²) in [6.45, 7) is 3.60. The molecule has 0 unspecified atom stereocenters. The number of hydrogen-bond donors (Lipinski definition) is 0. The number of benzene rings is 2. The van der Waals surface area contributed by atoms with Crippen LogP contribution in [0.4, 0.5) is 8.78 Å². The minimum atomic E-state index is -0.765. The summed E-state index contributed by atoms with van der Waals surface area (Å²) in [7, 11) is 0. The van der Waals surface area contributed by atoms with E-state index < -0.39 is 17.6 Å². The molecule has 5 rings (SSSR count). The number of ether oxygens (including phenoxy) is 1. The van der Waals surface area contributed by atoms with Crippen LogP contribution in [0.2, 0.25) is 0 Å². The quantitative estimate of drug-likeness (QED) is 0.333. The number of nitrogens with zero attached hydrogens (tertiary/aromatic N) is 5. The van der Waals surface area contributed by atoms with E-state index >= 15 is 0 Å². The molecule has 0 atom stereocenters. The number of aryl methyl sites for hydroxylation is 1. The second-order valence-electron chi connectivity index (χ2n) is 7.76. The number of esters is 1. The van der Waals surface area contributed by atoms with Crippen LogP contribution in [0, 0.1) is 29.9 Å². The van der Waals surface area contributed by atoms with E-state index in [-0.39, 0.29) is 28.8 Å². The van der Waals surface area contributed by atoms with E-state index in [2.05, 4.69) is 15.0 Å². The fourth-order valence-electron chi connectivity index (χ4n) is 4.17. The van der Waals surface area contributed by atoms with Crippen molar-refractivity contribution in [3.63, 3.8) is 0 Å². The Morgan fingerprint density at radius 1 is 1.09 bits per heavy atom. The van der Waals surface area contributed by atoms with Crippen molar-refractivity contribution in [3.05, 3.63) is 83.6 Å². The third kappa shape index (κ3) is 3.75. The van der Waals surface area contributed by atoms with Crippen molar-refractivity contribution < 1.29 is 18.3 Å². The Labute approximate surface area is 198 Å². The lowest BCUT2D eigenvalue weighted by atomic mass is 10.0. The Morgan fingerprint density at radius 2 is 1.89 bits per heavy atom. The Bertz CT molecular complexity index is 1690. The molecule has 3 aromatic heterocycles. The number of rotatable bonds is 4. The molecule has 0 amide bonds. The lowest BCUT2D eigenvalue weighted by Crippen LogP contribution is -2.06. The number of imidazole rings is 1. The first-order valence-corrected chi connectivity index (χ1v) is 10.7. The molecule has 0 saturated carbocycles. The molecular formula is C26H17F2N5O2. The van der Waals surface area contributed by atoms with Gasteiger partial charge in [0.25, 0.3) is 0 Å². The number of hydrogen-bond acceptors (Lipinski definition) is 6. The van der Waals surface area contributed by atoms with E-state index in [0.29, 0.717) is 33.7 Å². The number of carbonyl (C=O) groups excluding carboxylic acids is 1. The first kappa shape index (κ1) is 22.1. The summed E-state index contributed by atoms with van der Waals surface area (Å²) in [5.41, 5.74) is 3.13. The van der Waals surface area contributed by atoms with Crippen LogP contribution in [0.1, 0.15) is 28.8 Å². The van der Waals surface area contributed by atoms with Gasteiger partial charge in [0.2, 0.25) is 0 Å². The molecule has 0 radical (unpaired) electrons. The van der Waals surface area contributed by atoms with Gasteiger partial charge in [-0.3, -0.25) is 9.55 Å². The molecule has 2 aromatic carbocycles. The number of aromatic nitrogens is 4. The highest BCUT2D eigenvalue weighted by molar-refractivity contribution is 6.05. The van der Waals surface area contributed by atoms with Crippen LogP contribution in [0.5, 0.6) is 0 Å². The van der Waals surface area contributed by atoms with Gasteiger partial charge in [-0.1, -0.05) is 0 Å². The summed E-state index contributed by atoms with van der Waals surface area (Å²) in [6, 6.07) is 12.3. The topological polar surface area (TPSA) is 93.7 Å². The minimum Gasteiger partial charge on any atom is -0.462 e. The van der Waals surface area contributed by atoms with E-state index in [9.17, 15) is 18.8 Å². The number of pyridine rings is 2. The fourth-order valence-corrected chi connectivity index (χ4v) is 4.17. The lowest BCUT2D eigenvalue weighted by molar-refractivity contribution is 0.0528. The van der Waals surface area contributed by atoms with E-state index in [4.69, 9.17) is 4.74 Å². The van der Waals surface area contributed by atoms with E-state index in [0.717, 1.165) is 12.1 Å². The highest BCUT2D eigenvalue weighted by Gasteiger charge is 2.22. The van der Waals surface area contributed by atoms with Crippen LogP contribution in [0.15, 0.2) is 54.9 Å². The Hall–Kier alpha value is -4.71. The number of nitriles is 1. The normalized spacial score (nSPS) is 11.1. The molecule has 0 aliphatic carbocycles. The van der Waals surface area contributed by atoms with E-state index in [1.54, 1.807) is 48.7 Å². The summed E-state index contributed by atoms with van der Waals surface area (Å²) >= 11 is 0. The number of carbonyl (C=O) groups is 1. The second-order valence-corrected chi connectivity index (χ2v) is 7.76. The molecule has 0 bridgehead atoms. The van der Waals surface area contributed by atoms with Crippen molar-refractivity contribution in [2.75, 3.05) is 6.61 Å². The molecule has 9 heteroatoms. The van der Waals surface area contributed by atoms with Gasteiger partial charge in [0.1, 0.15) is 34.7 Å². The molecular weight excluding hydrogens is 452 g/mol. The van der Waals surface area contributed by atoms with Gasteiger partial charge in [-0.15, -0.1) is 0 Å². The van der Waals surface area contributed by atoms with E-state index in [1.807, 2.05) is 6.07 Å². The van der Waals surface area contributed by atoms with Gasteiger partial charge in [-0.05, 0) is 55.3 Å². The van der Waals surface area contributed by atoms with Gasteiger partial charge >= 0.3 is 5.97 Å². The van der Waals surface area contributed by atoms with Crippen molar-refractivity contribution in [2.45, 2.75) is 13.8 Å². The van der Waals surface area contributed by atoms with Crippen LogP contribution in [-0.4, -0.2) is 32.1 Å². The van der Waals surface area contributed by atoms with Gasteiger partial charge in [-0.2, -0.15) is 5.26 Å². The molecule has 3 heterocycles. The van der Waals surface area contributed by atoms with Crippen molar-refractivity contribution in [1.29, 1.82) is 5.26 Å². The highest BCUT2D eigenvalue weighted by atomic mass is 19.1.